The van der Waals surface area contributed by atoms with Crippen molar-refractivity contribution in [1.82, 2.24) is 10.2 Å². The van der Waals surface area contributed by atoms with Gasteiger partial charge in [0.15, 0.2) is 11.5 Å². The van der Waals surface area contributed by atoms with E-state index in [0.29, 0.717) is 31.3 Å². The van der Waals surface area contributed by atoms with Crippen molar-refractivity contribution in [3.8, 4) is 11.5 Å². The fraction of sp³-hybridized carbons (Fsp3) is 0.333. The number of carbonyl (C=O) groups is 2. The van der Waals surface area contributed by atoms with Crippen LogP contribution in [0.2, 0.25) is 0 Å². The van der Waals surface area contributed by atoms with Crippen LogP contribution in [0.3, 0.4) is 0 Å². The average molecular weight is 645 g/mol. The lowest BCUT2D eigenvalue weighted by Crippen LogP contribution is -2.53. The molecule has 1 aliphatic rings. The summed E-state index contributed by atoms with van der Waals surface area (Å²) in [5, 5.41) is 2.93. The second-order valence-corrected chi connectivity index (χ2v) is 12.6. The predicted octanol–water partition coefficient (Wildman–Crippen LogP) is 4.15. The van der Waals surface area contributed by atoms with Gasteiger partial charge in [-0.3, -0.25) is 13.9 Å². The van der Waals surface area contributed by atoms with E-state index in [2.05, 4.69) is 21.2 Å². The van der Waals surface area contributed by atoms with Gasteiger partial charge in [0, 0.05) is 30.0 Å². The molecule has 3 aromatic rings. The van der Waals surface area contributed by atoms with E-state index in [9.17, 15) is 18.0 Å². The number of ether oxygens (including phenoxy) is 2. The number of hydrogen-bond acceptors (Lipinski definition) is 6. The maximum atomic E-state index is 14.1. The number of carbonyl (C=O) groups excluding carboxylic acids is 2. The number of nitrogens with zero attached hydrogens (tertiary/aromatic N) is 2. The van der Waals surface area contributed by atoms with Gasteiger partial charge >= 0.3 is 0 Å². The SMILES string of the molecule is CCCNC(=O)C(Cc1ccccc1)N(Cc1ccc(Br)cc1)C(=O)CN(c1ccc2c(c1)OCCO2)S(C)(=O)=O. The van der Waals surface area contributed by atoms with Crippen LogP contribution in [-0.2, 0) is 32.6 Å². The third-order valence-electron chi connectivity index (χ3n) is 6.58. The summed E-state index contributed by atoms with van der Waals surface area (Å²) in [6.07, 6.45) is 2.05. The highest BCUT2D eigenvalue weighted by Crippen LogP contribution is 2.34. The molecular formula is C30H34BrN3O6S. The van der Waals surface area contributed by atoms with Gasteiger partial charge in [-0.15, -0.1) is 0 Å². The molecule has 0 saturated heterocycles. The zero-order valence-electron chi connectivity index (χ0n) is 23.1. The summed E-state index contributed by atoms with van der Waals surface area (Å²) >= 11 is 3.43. The average Bonchev–Trinajstić information content (AvgIpc) is 2.97. The molecule has 9 nitrogen and oxygen atoms in total. The summed E-state index contributed by atoms with van der Waals surface area (Å²) in [6.45, 7) is 2.76. The minimum atomic E-state index is -3.89. The molecule has 0 aromatic heterocycles. The monoisotopic (exact) mass is 643 g/mol. The Kier molecular flexibility index (Phi) is 10.3. The third kappa shape index (κ3) is 8.23. The van der Waals surface area contributed by atoms with Gasteiger partial charge in [0.05, 0.1) is 11.9 Å². The molecule has 0 aliphatic carbocycles. The van der Waals surface area contributed by atoms with Crippen LogP contribution in [0, 0.1) is 0 Å². The Bertz CT molecular complexity index is 1450. The lowest BCUT2D eigenvalue weighted by molar-refractivity contribution is -0.140. The molecule has 0 spiro atoms. The van der Waals surface area contributed by atoms with Crippen LogP contribution in [0.1, 0.15) is 24.5 Å². The highest BCUT2D eigenvalue weighted by molar-refractivity contribution is 9.10. The predicted molar refractivity (Wildman–Crippen MR) is 162 cm³/mol. The maximum Gasteiger partial charge on any atom is 0.244 e. The Morgan fingerprint density at radius 1 is 0.951 bits per heavy atom. The molecule has 3 aromatic carbocycles. The summed E-state index contributed by atoms with van der Waals surface area (Å²) in [5.74, 6) is 0.0989. The van der Waals surface area contributed by atoms with Crippen LogP contribution in [0.4, 0.5) is 5.69 Å². The number of anilines is 1. The number of sulfonamides is 1. The van der Waals surface area contributed by atoms with E-state index in [1.54, 1.807) is 18.2 Å². The number of rotatable bonds is 12. The summed E-state index contributed by atoms with van der Waals surface area (Å²) in [5.41, 5.74) is 1.95. The smallest absolute Gasteiger partial charge is 0.244 e. The highest BCUT2D eigenvalue weighted by Gasteiger charge is 2.33. The molecule has 4 rings (SSSR count). The second kappa shape index (κ2) is 13.9. The van der Waals surface area contributed by atoms with Crippen LogP contribution in [0.25, 0.3) is 0 Å². The van der Waals surface area contributed by atoms with E-state index in [1.165, 1.54) is 4.90 Å². The molecule has 0 fully saturated rings. The van der Waals surface area contributed by atoms with E-state index in [-0.39, 0.29) is 24.6 Å². The molecule has 218 valence electrons. The van der Waals surface area contributed by atoms with Crippen LogP contribution in [0.15, 0.2) is 77.3 Å². The molecule has 1 aliphatic heterocycles. The van der Waals surface area contributed by atoms with Crippen LogP contribution >= 0.6 is 15.9 Å². The number of benzene rings is 3. The number of hydrogen-bond donors (Lipinski definition) is 1. The van der Waals surface area contributed by atoms with Gasteiger partial charge in [-0.2, -0.15) is 0 Å². The molecule has 41 heavy (non-hydrogen) atoms. The first-order chi connectivity index (χ1) is 19.7. The van der Waals surface area contributed by atoms with Gasteiger partial charge in [0.25, 0.3) is 0 Å². The van der Waals surface area contributed by atoms with Crippen molar-refractivity contribution in [3.63, 3.8) is 0 Å². The third-order valence-corrected chi connectivity index (χ3v) is 8.25. The summed E-state index contributed by atoms with van der Waals surface area (Å²) in [7, 11) is -3.89. The van der Waals surface area contributed by atoms with Crippen LogP contribution in [-0.4, -0.2) is 63.7 Å². The lowest BCUT2D eigenvalue weighted by atomic mass is 10.0. The topological polar surface area (TPSA) is 105 Å². The molecule has 11 heteroatoms. The van der Waals surface area contributed by atoms with Gasteiger partial charge in [0.2, 0.25) is 21.8 Å². The molecule has 0 saturated carbocycles. The van der Waals surface area contributed by atoms with Crippen molar-refractivity contribution in [1.29, 1.82) is 0 Å². The minimum absolute atomic E-state index is 0.113. The molecule has 0 radical (unpaired) electrons. The van der Waals surface area contributed by atoms with Crippen molar-refractivity contribution in [2.24, 2.45) is 0 Å². The van der Waals surface area contributed by atoms with Crippen molar-refractivity contribution in [2.45, 2.75) is 32.4 Å². The van der Waals surface area contributed by atoms with Gasteiger partial charge in [-0.05, 0) is 41.8 Å². The van der Waals surface area contributed by atoms with E-state index in [1.807, 2.05) is 61.5 Å². The first-order valence-corrected chi connectivity index (χ1v) is 16.0. The lowest BCUT2D eigenvalue weighted by Gasteiger charge is -2.33. The normalized spacial score (nSPS) is 13.2. The minimum Gasteiger partial charge on any atom is -0.486 e. The molecule has 0 bridgehead atoms. The zero-order valence-corrected chi connectivity index (χ0v) is 25.5. The largest absolute Gasteiger partial charge is 0.486 e. The quantitative estimate of drug-likeness (QED) is 0.318. The van der Waals surface area contributed by atoms with E-state index >= 15 is 0 Å². The second-order valence-electron chi connectivity index (χ2n) is 9.74. The summed E-state index contributed by atoms with van der Waals surface area (Å²) in [4.78, 5) is 29.1. The van der Waals surface area contributed by atoms with Crippen molar-refractivity contribution in [2.75, 3.05) is 36.9 Å². The molecule has 1 N–H and O–H groups in total. The van der Waals surface area contributed by atoms with E-state index < -0.39 is 28.5 Å². The summed E-state index contributed by atoms with van der Waals surface area (Å²) < 4.78 is 39.1. The maximum absolute atomic E-state index is 14.1. The number of amides is 2. The molecule has 1 atom stereocenters. The van der Waals surface area contributed by atoms with Crippen LogP contribution in [0.5, 0.6) is 11.5 Å². The molecule has 1 unspecified atom stereocenters. The van der Waals surface area contributed by atoms with Gasteiger partial charge < -0.3 is 19.7 Å². The first-order valence-electron chi connectivity index (χ1n) is 13.4. The van der Waals surface area contributed by atoms with Crippen LogP contribution < -0.4 is 19.1 Å². The highest BCUT2D eigenvalue weighted by atomic mass is 79.9. The molecule has 1 heterocycles. The Balaban J connectivity index is 1.71. The number of halogens is 1. The van der Waals surface area contributed by atoms with Crippen molar-refractivity contribution < 1.29 is 27.5 Å². The fourth-order valence-corrected chi connectivity index (χ4v) is 5.61. The van der Waals surface area contributed by atoms with Gasteiger partial charge in [-0.1, -0.05) is 65.3 Å². The Morgan fingerprint density at radius 3 is 2.29 bits per heavy atom. The number of fused-ring (bicyclic) bond motifs is 1. The Morgan fingerprint density at radius 2 is 1.63 bits per heavy atom. The number of nitrogens with one attached hydrogen (secondary N) is 1. The summed E-state index contributed by atoms with van der Waals surface area (Å²) in [6, 6.07) is 20.8. The van der Waals surface area contributed by atoms with Crippen molar-refractivity contribution >= 4 is 43.5 Å². The first kappa shape index (κ1) is 30.4. The van der Waals surface area contributed by atoms with Gasteiger partial charge in [0.1, 0.15) is 25.8 Å². The van der Waals surface area contributed by atoms with E-state index in [0.717, 1.165) is 32.6 Å². The van der Waals surface area contributed by atoms with Crippen molar-refractivity contribution in [3.05, 3.63) is 88.4 Å². The fourth-order valence-electron chi connectivity index (χ4n) is 4.51. The Labute approximate surface area is 249 Å². The zero-order chi connectivity index (χ0) is 29.4. The molecule has 2 amide bonds. The van der Waals surface area contributed by atoms with Gasteiger partial charge in [-0.25, -0.2) is 8.42 Å². The molecular weight excluding hydrogens is 610 g/mol. The Hall–Kier alpha value is -3.57. The van der Waals surface area contributed by atoms with E-state index in [4.69, 9.17) is 9.47 Å². The standard InChI is InChI=1S/C30H34BrN3O6S/c1-3-15-32-30(36)26(18-22-7-5-4-6-8-22)33(20-23-9-11-24(31)12-10-23)29(35)21-34(41(2,37)38)25-13-14-27-28(19-25)40-17-16-39-27/h4-14,19,26H,3,15-18,20-21H2,1-2H3,(H,32,36).